The Morgan fingerprint density at radius 1 is 1.47 bits per heavy atom. The van der Waals surface area contributed by atoms with E-state index in [1.54, 1.807) is 14.0 Å². The molecule has 0 saturated carbocycles. The average Bonchev–Trinajstić information content (AvgIpc) is 2.43. The summed E-state index contributed by atoms with van der Waals surface area (Å²) in [6.45, 7) is 3.75. The van der Waals surface area contributed by atoms with E-state index >= 15 is 0 Å². The Bertz CT molecular complexity index is 472. The molecule has 3 N–H and O–H groups in total. The third-order valence-corrected chi connectivity index (χ3v) is 3.39. The molecule has 0 heterocycles. The molecule has 19 heavy (non-hydrogen) atoms. The first-order valence-electron chi connectivity index (χ1n) is 6.25. The zero-order chi connectivity index (χ0) is 14.4. The third kappa shape index (κ3) is 3.98. The van der Waals surface area contributed by atoms with Crippen molar-refractivity contribution in [3.05, 3.63) is 35.4 Å². The first-order valence-corrected chi connectivity index (χ1v) is 6.25. The summed E-state index contributed by atoms with van der Waals surface area (Å²) in [7, 11) is 1.66. The first kappa shape index (κ1) is 15.0. The molecule has 0 fully saturated rings. The highest BCUT2D eigenvalue weighted by molar-refractivity contribution is 5.89. The van der Waals surface area contributed by atoms with Gasteiger partial charge in [-0.15, -0.1) is 0 Å². The number of carbonyl (C=O) groups is 1. The number of amidine groups is 1. The van der Waals surface area contributed by atoms with E-state index < -0.39 is 6.04 Å². The molecule has 104 valence electrons. The highest BCUT2D eigenvalue weighted by Gasteiger charge is 2.19. The van der Waals surface area contributed by atoms with Gasteiger partial charge in [0.25, 0.3) is 0 Å². The molecule has 0 radical (unpaired) electrons. The molecule has 0 aliphatic heterocycles. The largest absolute Gasteiger partial charge is 0.409 e. The van der Waals surface area contributed by atoms with Crippen molar-refractivity contribution < 1.29 is 10.0 Å². The van der Waals surface area contributed by atoms with Crippen LogP contribution in [0.3, 0.4) is 0 Å². The number of nitrogens with two attached hydrogens (primary N) is 1. The summed E-state index contributed by atoms with van der Waals surface area (Å²) < 4.78 is 0. The molecular formula is C14H21N3O2. The molecule has 1 aromatic carbocycles. The topological polar surface area (TPSA) is 78.9 Å². The molecule has 0 saturated heterocycles. The van der Waals surface area contributed by atoms with Crippen LogP contribution in [0.1, 0.15) is 24.5 Å². The van der Waals surface area contributed by atoms with Crippen LogP contribution >= 0.6 is 0 Å². The molecule has 1 amide bonds. The molecule has 0 aromatic heterocycles. The SMILES string of the molecule is Cc1ccccc1CCC(=O)N(C)C(C)C(N)=NO. The van der Waals surface area contributed by atoms with E-state index in [4.69, 9.17) is 10.9 Å². The van der Waals surface area contributed by atoms with Crippen LogP contribution < -0.4 is 5.73 Å². The number of aryl methyl sites for hydroxylation is 2. The van der Waals surface area contributed by atoms with Crippen molar-refractivity contribution in [3.8, 4) is 0 Å². The number of amides is 1. The Kier molecular flexibility index (Phi) is 5.36. The summed E-state index contributed by atoms with van der Waals surface area (Å²) in [5.41, 5.74) is 7.84. The lowest BCUT2D eigenvalue weighted by molar-refractivity contribution is -0.130. The maximum absolute atomic E-state index is 12.0. The summed E-state index contributed by atoms with van der Waals surface area (Å²) in [5.74, 6) is 0.00842. The van der Waals surface area contributed by atoms with Gasteiger partial charge in [-0.2, -0.15) is 0 Å². The minimum Gasteiger partial charge on any atom is -0.409 e. The molecule has 5 heteroatoms. The minimum absolute atomic E-state index is 0.0256. The van der Waals surface area contributed by atoms with Crippen LogP contribution in [0.5, 0.6) is 0 Å². The summed E-state index contributed by atoms with van der Waals surface area (Å²) in [5, 5.41) is 11.5. The van der Waals surface area contributed by atoms with Crippen LogP contribution in [0, 0.1) is 6.92 Å². The van der Waals surface area contributed by atoms with Gasteiger partial charge in [-0.05, 0) is 31.4 Å². The van der Waals surface area contributed by atoms with Crippen LogP contribution in [0.4, 0.5) is 0 Å². The van der Waals surface area contributed by atoms with Crippen molar-refractivity contribution >= 4 is 11.7 Å². The van der Waals surface area contributed by atoms with E-state index in [1.165, 1.54) is 16.0 Å². The molecule has 0 aliphatic rings. The number of benzene rings is 1. The number of nitrogens with zero attached hydrogens (tertiary/aromatic N) is 2. The van der Waals surface area contributed by atoms with Gasteiger partial charge >= 0.3 is 0 Å². The Labute approximate surface area is 113 Å². The van der Waals surface area contributed by atoms with E-state index in [0.717, 1.165) is 0 Å². The predicted molar refractivity (Wildman–Crippen MR) is 75.1 cm³/mol. The fourth-order valence-electron chi connectivity index (χ4n) is 1.81. The number of carbonyl (C=O) groups excluding carboxylic acids is 1. The Hall–Kier alpha value is -2.04. The summed E-state index contributed by atoms with van der Waals surface area (Å²) in [4.78, 5) is 13.5. The Morgan fingerprint density at radius 2 is 2.11 bits per heavy atom. The summed E-state index contributed by atoms with van der Waals surface area (Å²) in [6, 6.07) is 7.59. The predicted octanol–water partition coefficient (Wildman–Crippen LogP) is 1.52. The molecule has 1 atom stereocenters. The van der Waals surface area contributed by atoms with Gasteiger partial charge in [0.15, 0.2) is 5.84 Å². The molecule has 0 bridgehead atoms. The van der Waals surface area contributed by atoms with Crippen molar-refractivity contribution in [2.75, 3.05) is 7.05 Å². The van der Waals surface area contributed by atoms with E-state index in [0.29, 0.717) is 12.8 Å². The fourth-order valence-corrected chi connectivity index (χ4v) is 1.81. The monoisotopic (exact) mass is 263 g/mol. The van der Waals surface area contributed by atoms with Crippen molar-refractivity contribution in [3.63, 3.8) is 0 Å². The van der Waals surface area contributed by atoms with Gasteiger partial charge in [0, 0.05) is 13.5 Å². The van der Waals surface area contributed by atoms with Gasteiger partial charge < -0.3 is 15.8 Å². The van der Waals surface area contributed by atoms with Crippen molar-refractivity contribution in [1.82, 2.24) is 4.90 Å². The van der Waals surface area contributed by atoms with Crippen LogP contribution in [0.25, 0.3) is 0 Å². The molecule has 0 aliphatic carbocycles. The van der Waals surface area contributed by atoms with Crippen LogP contribution in [0.15, 0.2) is 29.4 Å². The fraction of sp³-hybridized carbons (Fsp3) is 0.429. The lowest BCUT2D eigenvalue weighted by Gasteiger charge is -2.23. The zero-order valence-electron chi connectivity index (χ0n) is 11.6. The van der Waals surface area contributed by atoms with E-state index in [1.807, 2.05) is 31.2 Å². The van der Waals surface area contributed by atoms with E-state index in [2.05, 4.69) is 5.16 Å². The third-order valence-electron chi connectivity index (χ3n) is 3.39. The summed E-state index contributed by atoms with van der Waals surface area (Å²) >= 11 is 0. The smallest absolute Gasteiger partial charge is 0.223 e. The average molecular weight is 263 g/mol. The second-order valence-electron chi connectivity index (χ2n) is 4.63. The highest BCUT2D eigenvalue weighted by atomic mass is 16.4. The van der Waals surface area contributed by atoms with Gasteiger partial charge in [0.05, 0.1) is 6.04 Å². The van der Waals surface area contributed by atoms with E-state index in [9.17, 15) is 4.79 Å². The number of hydrogen-bond acceptors (Lipinski definition) is 3. The molecular weight excluding hydrogens is 242 g/mol. The lowest BCUT2D eigenvalue weighted by atomic mass is 10.0. The molecule has 1 unspecified atom stereocenters. The quantitative estimate of drug-likeness (QED) is 0.366. The van der Waals surface area contributed by atoms with Gasteiger partial charge in [0.1, 0.15) is 0 Å². The molecule has 1 aromatic rings. The second kappa shape index (κ2) is 6.78. The number of hydrogen-bond donors (Lipinski definition) is 2. The number of oxime groups is 1. The molecule has 0 spiro atoms. The van der Waals surface area contributed by atoms with E-state index in [-0.39, 0.29) is 11.7 Å². The first-order chi connectivity index (χ1) is 8.97. The Balaban J connectivity index is 2.59. The maximum atomic E-state index is 12.0. The number of likely N-dealkylation sites (N-methyl/N-ethyl adjacent to an activating group) is 1. The van der Waals surface area contributed by atoms with Crippen LogP contribution in [-0.2, 0) is 11.2 Å². The highest BCUT2D eigenvalue weighted by Crippen LogP contribution is 2.11. The normalized spacial score (nSPS) is 13.1. The van der Waals surface area contributed by atoms with Crippen LogP contribution in [-0.4, -0.2) is 34.9 Å². The number of rotatable bonds is 5. The van der Waals surface area contributed by atoms with Gasteiger partial charge in [0.2, 0.25) is 5.91 Å². The standard InChI is InChI=1S/C14H21N3O2/c1-10-6-4-5-7-12(10)8-9-13(18)17(3)11(2)14(15)16-19/h4-7,11,19H,8-9H2,1-3H3,(H2,15,16). The van der Waals surface area contributed by atoms with Crippen molar-refractivity contribution in [2.24, 2.45) is 10.9 Å². The zero-order valence-corrected chi connectivity index (χ0v) is 11.6. The summed E-state index contributed by atoms with van der Waals surface area (Å²) in [6.07, 6.45) is 1.10. The second-order valence-corrected chi connectivity index (χ2v) is 4.63. The molecule has 1 rings (SSSR count). The molecule has 5 nitrogen and oxygen atoms in total. The van der Waals surface area contributed by atoms with Gasteiger partial charge in [-0.25, -0.2) is 0 Å². The van der Waals surface area contributed by atoms with Gasteiger partial charge in [-0.3, -0.25) is 4.79 Å². The minimum atomic E-state index is -0.408. The maximum Gasteiger partial charge on any atom is 0.223 e. The lowest BCUT2D eigenvalue weighted by Crippen LogP contribution is -2.43. The van der Waals surface area contributed by atoms with Crippen molar-refractivity contribution in [1.29, 1.82) is 0 Å². The Morgan fingerprint density at radius 3 is 2.68 bits per heavy atom. The van der Waals surface area contributed by atoms with Crippen LogP contribution in [0.2, 0.25) is 0 Å². The van der Waals surface area contributed by atoms with Crippen molar-refractivity contribution in [2.45, 2.75) is 32.7 Å². The van der Waals surface area contributed by atoms with Gasteiger partial charge in [-0.1, -0.05) is 29.4 Å².